The predicted octanol–water partition coefficient (Wildman–Crippen LogP) is 3.37. The van der Waals surface area contributed by atoms with Crippen molar-refractivity contribution in [3.63, 3.8) is 0 Å². The van der Waals surface area contributed by atoms with Gasteiger partial charge >= 0.3 is 0 Å². The Morgan fingerprint density at radius 1 is 1.33 bits per heavy atom. The number of anilines is 3. The topological polar surface area (TPSA) is 68.0 Å². The highest BCUT2D eigenvalue weighted by Crippen LogP contribution is 2.25. The molecule has 0 atom stereocenters. The van der Waals surface area contributed by atoms with Gasteiger partial charge in [-0.3, -0.25) is 4.79 Å². The van der Waals surface area contributed by atoms with E-state index in [1.54, 1.807) is 24.4 Å². The summed E-state index contributed by atoms with van der Waals surface area (Å²) in [6.45, 7) is 1.52. The first kappa shape index (κ1) is 12.6. The van der Waals surface area contributed by atoms with Crippen molar-refractivity contribution in [2.45, 2.75) is 6.92 Å². The third-order valence-corrected chi connectivity index (χ3v) is 2.90. The number of pyridine rings is 1. The first-order valence-corrected chi connectivity index (χ1v) is 6.14. The molecule has 0 unspecified atom stereocenters. The number of aromatic nitrogens is 1. The van der Waals surface area contributed by atoms with E-state index in [4.69, 9.17) is 5.73 Å². The summed E-state index contributed by atoms with van der Waals surface area (Å²) in [7, 11) is 0. The molecule has 92 valence electrons. The molecule has 0 saturated heterocycles. The molecule has 1 aromatic heterocycles. The van der Waals surface area contributed by atoms with Crippen LogP contribution in [0.1, 0.15) is 17.3 Å². The van der Waals surface area contributed by atoms with Crippen LogP contribution in [0.15, 0.2) is 41.1 Å². The number of carbonyl (C=O) groups excluding carboxylic acids is 1. The average molecular weight is 306 g/mol. The molecule has 5 heteroatoms. The molecule has 0 aliphatic rings. The number of nitrogens with one attached hydrogen (secondary N) is 1. The number of hydrogen-bond donors (Lipinski definition) is 2. The number of Topliss-reactive ketones (excluding diaryl/α,β-unsaturated/α-hetero) is 1. The number of hydrogen-bond acceptors (Lipinski definition) is 4. The smallest absolute Gasteiger partial charge is 0.159 e. The van der Waals surface area contributed by atoms with Gasteiger partial charge < -0.3 is 11.1 Å². The van der Waals surface area contributed by atoms with Gasteiger partial charge in [-0.2, -0.15) is 0 Å². The number of ketones is 1. The zero-order valence-corrected chi connectivity index (χ0v) is 11.4. The van der Waals surface area contributed by atoms with Crippen LogP contribution in [0.2, 0.25) is 0 Å². The van der Waals surface area contributed by atoms with E-state index in [0.29, 0.717) is 11.3 Å². The largest absolute Gasteiger partial charge is 0.397 e. The van der Waals surface area contributed by atoms with Crippen molar-refractivity contribution in [2.75, 3.05) is 11.1 Å². The summed E-state index contributed by atoms with van der Waals surface area (Å²) >= 11 is 3.30. The molecule has 3 N–H and O–H groups in total. The number of carbonyl (C=O) groups is 1. The summed E-state index contributed by atoms with van der Waals surface area (Å²) < 4.78 is 0.742. The number of benzene rings is 1. The molecule has 1 heterocycles. The monoisotopic (exact) mass is 305 g/mol. The molecule has 1 aromatic carbocycles. The van der Waals surface area contributed by atoms with E-state index in [1.807, 2.05) is 12.1 Å². The average Bonchev–Trinajstić information content (AvgIpc) is 2.31. The Morgan fingerprint density at radius 3 is 2.72 bits per heavy atom. The fraction of sp³-hybridized carbons (Fsp3) is 0.0769. The van der Waals surface area contributed by atoms with E-state index >= 15 is 0 Å². The first-order valence-electron chi connectivity index (χ1n) is 5.35. The highest BCUT2D eigenvalue weighted by atomic mass is 79.9. The molecule has 0 amide bonds. The predicted molar refractivity (Wildman–Crippen MR) is 76.1 cm³/mol. The molecule has 0 aliphatic heterocycles. The van der Waals surface area contributed by atoms with Gasteiger partial charge in [0.05, 0.1) is 11.4 Å². The summed E-state index contributed by atoms with van der Waals surface area (Å²) in [6, 6.07) is 8.89. The standard InChI is InChI=1S/C13H12BrN3O/c1-8(18)9-2-3-12(11(15)6-9)17-10-4-5-16-13(14)7-10/h2-7H,15H2,1H3,(H,16,17). The van der Waals surface area contributed by atoms with E-state index in [0.717, 1.165) is 16.0 Å². The van der Waals surface area contributed by atoms with Gasteiger partial charge in [0.15, 0.2) is 5.78 Å². The molecular weight excluding hydrogens is 294 g/mol. The van der Waals surface area contributed by atoms with Gasteiger partial charge in [0.1, 0.15) is 4.60 Å². The lowest BCUT2D eigenvalue weighted by Crippen LogP contribution is -2.00. The van der Waals surface area contributed by atoms with Gasteiger partial charge in [-0.05, 0) is 53.2 Å². The number of nitrogens with zero attached hydrogens (tertiary/aromatic N) is 1. The molecular formula is C13H12BrN3O. The molecule has 0 spiro atoms. The van der Waals surface area contributed by atoms with Gasteiger partial charge in [-0.25, -0.2) is 4.98 Å². The van der Waals surface area contributed by atoms with Crippen LogP contribution in [-0.2, 0) is 0 Å². The Hall–Kier alpha value is -1.88. The van der Waals surface area contributed by atoms with Crippen LogP contribution in [0.4, 0.5) is 17.1 Å². The summed E-state index contributed by atoms with van der Waals surface area (Å²) in [4.78, 5) is 15.3. The molecule has 0 aliphatic carbocycles. The molecule has 2 rings (SSSR count). The Labute approximate surface area is 113 Å². The SMILES string of the molecule is CC(=O)c1ccc(Nc2ccnc(Br)c2)c(N)c1. The van der Waals surface area contributed by atoms with Crippen molar-refractivity contribution in [1.82, 2.24) is 4.98 Å². The fourth-order valence-corrected chi connectivity index (χ4v) is 1.90. The fourth-order valence-electron chi connectivity index (χ4n) is 1.53. The first-order chi connectivity index (χ1) is 8.56. The molecule has 0 bridgehead atoms. The van der Waals surface area contributed by atoms with E-state index in [-0.39, 0.29) is 5.78 Å². The number of halogens is 1. The Morgan fingerprint density at radius 2 is 2.11 bits per heavy atom. The van der Waals surface area contributed by atoms with Crippen LogP contribution in [0.25, 0.3) is 0 Å². The van der Waals surface area contributed by atoms with Gasteiger partial charge in [0, 0.05) is 17.4 Å². The van der Waals surface area contributed by atoms with Crippen molar-refractivity contribution in [3.8, 4) is 0 Å². The van der Waals surface area contributed by atoms with Gasteiger partial charge in [0.25, 0.3) is 0 Å². The van der Waals surface area contributed by atoms with Crippen LogP contribution in [0, 0.1) is 0 Å². The highest BCUT2D eigenvalue weighted by Gasteiger charge is 2.04. The molecule has 0 radical (unpaired) electrons. The maximum atomic E-state index is 11.2. The van der Waals surface area contributed by atoms with E-state index in [2.05, 4.69) is 26.2 Å². The highest BCUT2D eigenvalue weighted by molar-refractivity contribution is 9.10. The number of rotatable bonds is 3. The zero-order valence-electron chi connectivity index (χ0n) is 9.77. The molecule has 0 fully saturated rings. The van der Waals surface area contributed by atoms with Gasteiger partial charge in [0.2, 0.25) is 0 Å². The van der Waals surface area contributed by atoms with Crippen LogP contribution < -0.4 is 11.1 Å². The third-order valence-electron chi connectivity index (χ3n) is 2.46. The minimum atomic E-state index is -0.0000874. The van der Waals surface area contributed by atoms with Crippen LogP contribution in [0.3, 0.4) is 0 Å². The van der Waals surface area contributed by atoms with Crippen molar-refractivity contribution in [1.29, 1.82) is 0 Å². The molecule has 0 saturated carbocycles. The van der Waals surface area contributed by atoms with Crippen LogP contribution in [-0.4, -0.2) is 10.8 Å². The number of nitrogens with two attached hydrogens (primary N) is 1. The maximum Gasteiger partial charge on any atom is 0.159 e. The van der Waals surface area contributed by atoms with Crippen molar-refractivity contribution in [3.05, 3.63) is 46.7 Å². The minimum absolute atomic E-state index is 0.0000874. The molecule has 2 aromatic rings. The lowest BCUT2D eigenvalue weighted by molar-refractivity contribution is 0.101. The summed E-state index contributed by atoms with van der Waals surface area (Å²) in [5, 5.41) is 3.17. The number of nitrogen functional groups attached to an aromatic ring is 1. The van der Waals surface area contributed by atoms with Crippen molar-refractivity contribution >= 4 is 38.8 Å². The van der Waals surface area contributed by atoms with Crippen molar-refractivity contribution in [2.24, 2.45) is 0 Å². The Kier molecular flexibility index (Phi) is 3.62. The minimum Gasteiger partial charge on any atom is -0.397 e. The Bertz CT molecular complexity index is 599. The quantitative estimate of drug-likeness (QED) is 0.518. The van der Waals surface area contributed by atoms with E-state index in [1.165, 1.54) is 6.92 Å². The second kappa shape index (κ2) is 5.18. The Balaban J connectivity index is 2.27. The zero-order chi connectivity index (χ0) is 13.1. The lowest BCUT2D eigenvalue weighted by atomic mass is 10.1. The summed E-state index contributed by atoms with van der Waals surface area (Å²) in [6.07, 6.45) is 1.69. The maximum absolute atomic E-state index is 11.2. The second-order valence-electron chi connectivity index (χ2n) is 3.85. The van der Waals surface area contributed by atoms with E-state index in [9.17, 15) is 4.79 Å². The van der Waals surface area contributed by atoms with Crippen LogP contribution >= 0.6 is 15.9 Å². The van der Waals surface area contributed by atoms with Crippen molar-refractivity contribution < 1.29 is 4.79 Å². The van der Waals surface area contributed by atoms with Gasteiger partial charge in [-0.1, -0.05) is 0 Å². The normalized spacial score (nSPS) is 10.1. The van der Waals surface area contributed by atoms with Crippen LogP contribution in [0.5, 0.6) is 0 Å². The lowest BCUT2D eigenvalue weighted by Gasteiger charge is -2.10. The second-order valence-corrected chi connectivity index (χ2v) is 4.66. The van der Waals surface area contributed by atoms with Gasteiger partial charge in [-0.15, -0.1) is 0 Å². The summed E-state index contributed by atoms with van der Waals surface area (Å²) in [5.41, 5.74) is 8.68. The van der Waals surface area contributed by atoms with E-state index < -0.39 is 0 Å². The summed E-state index contributed by atoms with van der Waals surface area (Å²) in [5.74, 6) is -0.0000874. The third kappa shape index (κ3) is 2.87. The molecule has 18 heavy (non-hydrogen) atoms. The molecule has 4 nitrogen and oxygen atoms in total.